The van der Waals surface area contributed by atoms with Crippen molar-refractivity contribution in [2.75, 3.05) is 10.6 Å². The summed E-state index contributed by atoms with van der Waals surface area (Å²) in [6, 6.07) is 12.4. The third-order valence-corrected chi connectivity index (χ3v) is 5.39. The molecule has 0 amide bonds. The van der Waals surface area contributed by atoms with E-state index >= 15 is 0 Å². The van der Waals surface area contributed by atoms with Crippen LogP contribution in [0.25, 0.3) is 21.1 Å². The van der Waals surface area contributed by atoms with Gasteiger partial charge in [0.05, 0.1) is 27.5 Å². The highest BCUT2D eigenvalue weighted by Gasteiger charge is 2.29. The largest absolute Gasteiger partial charge is 0.416 e. The van der Waals surface area contributed by atoms with Crippen molar-refractivity contribution in [3.8, 4) is 0 Å². The van der Waals surface area contributed by atoms with Gasteiger partial charge in [-0.25, -0.2) is 4.98 Å². The number of alkyl halides is 3. The van der Waals surface area contributed by atoms with Crippen LogP contribution in [0.1, 0.15) is 5.56 Å². The smallest absolute Gasteiger partial charge is 0.339 e. The Bertz CT molecular complexity index is 1340. The average molecular weight is 426 g/mol. The topological polar surface area (TPSA) is 78.5 Å². The maximum atomic E-state index is 12.8. The summed E-state index contributed by atoms with van der Waals surface area (Å²) in [5.74, 6) is 0.889. The molecule has 3 heterocycles. The summed E-state index contributed by atoms with van der Waals surface area (Å²) in [4.78, 5) is 8.99. The molecular formula is C20H13F3N6S. The molecule has 0 radical (unpaired) electrons. The minimum Gasteiger partial charge on any atom is -0.339 e. The molecular weight excluding hydrogens is 413 g/mol. The Morgan fingerprint density at radius 2 is 1.70 bits per heavy atom. The number of H-pyrrole nitrogens is 1. The SMILES string of the molecule is FC(F)(F)c1ccc(Nc2nc(Nc3ccc4[nH]ncc4c3)c3sccc3n2)cc1. The van der Waals surface area contributed by atoms with Crippen LogP contribution in [0, 0.1) is 0 Å². The van der Waals surface area contributed by atoms with Gasteiger partial charge < -0.3 is 10.6 Å². The van der Waals surface area contributed by atoms with Crippen LogP contribution in [0.5, 0.6) is 0 Å². The van der Waals surface area contributed by atoms with Crippen LogP contribution in [0.15, 0.2) is 60.1 Å². The fourth-order valence-corrected chi connectivity index (χ4v) is 3.81. The van der Waals surface area contributed by atoms with Gasteiger partial charge in [-0.15, -0.1) is 11.3 Å². The first-order valence-electron chi connectivity index (χ1n) is 8.85. The van der Waals surface area contributed by atoms with Crippen molar-refractivity contribution in [3.05, 3.63) is 65.7 Å². The molecule has 0 bridgehead atoms. The highest BCUT2D eigenvalue weighted by atomic mass is 32.1. The number of halogens is 3. The zero-order valence-electron chi connectivity index (χ0n) is 15.2. The molecule has 0 spiro atoms. The Morgan fingerprint density at radius 3 is 2.50 bits per heavy atom. The van der Waals surface area contributed by atoms with E-state index in [-0.39, 0.29) is 5.95 Å². The van der Waals surface area contributed by atoms with Crippen LogP contribution in [-0.4, -0.2) is 20.2 Å². The number of rotatable bonds is 4. The van der Waals surface area contributed by atoms with Gasteiger partial charge in [-0.05, 0) is 53.9 Å². The minimum absolute atomic E-state index is 0.285. The van der Waals surface area contributed by atoms with Gasteiger partial charge in [0.1, 0.15) is 0 Å². The lowest BCUT2D eigenvalue weighted by atomic mass is 10.2. The third kappa shape index (κ3) is 3.52. The molecule has 6 nitrogen and oxygen atoms in total. The Balaban J connectivity index is 1.46. The Morgan fingerprint density at radius 1 is 0.900 bits per heavy atom. The number of thiophene rings is 1. The molecule has 0 saturated carbocycles. The van der Waals surface area contributed by atoms with Gasteiger partial charge in [0, 0.05) is 16.8 Å². The number of nitrogens with one attached hydrogen (secondary N) is 3. The molecule has 0 aliphatic carbocycles. The van der Waals surface area contributed by atoms with E-state index < -0.39 is 11.7 Å². The zero-order chi connectivity index (χ0) is 20.7. The normalized spacial score (nSPS) is 11.8. The van der Waals surface area contributed by atoms with Gasteiger partial charge in [-0.1, -0.05) is 0 Å². The Kier molecular flexibility index (Phi) is 4.28. The second kappa shape index (κ2) is 6.99. The number of anilines is 4. The highest BCUT2D eigenvalue weighted by Crippen LogP contribution is 2.32. The number of aromatic amines is 1. The van der Waals surface area contributed by atoms with Gasteiger partial charge >= 0.3 is 6.18 Å². The zero-order valence-corrected chi connectivity index (χ0v) is 16.0. The number of nitrogens with zero attached hydrogens (tertiary/aromatic N) is 3. The quantitative estimate of drug-likeness (QED) is 0.325. The van der Waals surface area contributed by atoms with E-state index in [2.05, 4.69) is 30.8 Å². The molecule has 0 aliphatic heterocycles. The van der Waals surface area contributed by atoms with Crippen molar-refractivity contribution in [3.63, 3.8) is 0 Å². The van der Waals surface area contributed by atoms with E-state index in [1.54, 1.807) is 6.20 Å². The van der Waals surface area contributed by atoms with E-state index in [0.717, 1.165) is 38.9 Å². The Hall–Kier alpha value is -3.66. The molecule has 150 valence electrons. The van der Waals surface area contributed by atoms with Crippen LogP contribution in [0.2, 0.25) is 0 Å². The monoisotopic (exact) mass is 426 g/mol. The number of hydrogen-bond donors (Lipinski definition) is 3. The second-order valence-corrected chi connectivity index (χ2v) is 7.44. The molecule has 0 fully saturated rings. The summed E-state index contributed by atoms with van der Waals surface area (Å²) in [7, 11) is 0. The van der Waals surface area contributed by atoms with Crippen molar-refractivity contribution in [2.24, 2.45) is 0 Å². The van der Waals surface area contributed by atoms with Crippen molar-refractivity contribution in [1.82, 2.24) is 20.2 Å². The van der Waals surface area contributed by atoms with Crippen molar-refractivity contribution in [2.45, 2.75) is 6.18 Å². The van der Waals surface area contributed by atoms with Gasteiger partial charge in [0.15, 0.2) is 5.82 Å². The molecule has 0 saturated heterocycles. The lowest BCUT2D eigenvalue weighted by Crippen LogP contribution is -2.05. The average Bonchev–Trinajstić information content (AvgIpc) is 3.36. The van der Waals surface area contributed by atoms with Gasteiger partial charge in [0.25, 0.3) is 0 Å². The molecule has 30 heavy (non-hydrogen) atoms. The van der Waals surface area contributed by atoms with Crippen LogP contribution < -0.4 is 10.6 Å². The molecule has 5 aromatic rings. The summed E-state index contributed by atoms with van der Waals surface area (Å²) in [6.07, 6.45) is -2.64. The highest BCUT2D eigenvalue weighted by molar-refractivity contribution is 7.17. The van der Waals surface area contributed by atoms with Crippen molar-refractivity contribution < 1.29 is 13.2 Å². The van der Waals surface area contributed by atoms with Gasteiger partial charge in [-0.3, -0.25) is 5.10 Å². The molecule has 3 N–H and O–H groups in total. The number of hydrogen-bond acceptors (Lipinski definition) is 6. The number of fused-ring (bicyclic) bond motifs is 2. The third-order valence-electron chi connectivity index (χ3n) is 4.47. The number of benzene rings is 2. The fourth-order valence-electron chi connectivity index (χ4n) is 3.03. The lowest BCUT2D eigenvalue weighted by molar-refractivity contribution is -0.137. The molecule has 2 aromatic carbocycles. The first-order valence-corrected chi connectivity index (χ1v) is 9.73. The van der Waals surface area contributed by atoms with E-state index in [4.69, 9.17) is 0 Å². The predicted octanol–water partition coefficient (Wildman–Crippen LogP) is 6.07. The van der Waals surface area contributed by atoms with E-state index in [1.807, 2.05) is 29.6 Å². The second-order valence-electron chi connectivity index (χ2n) is 6.53. The van der Waals surface area contributed by atoms with E-state index in [1.165, 1.54) is 23.5 Å². The number of aromatic nitrogens is 4. The van der Waals surface area contributed by atoms with Crippen LogP contribution in [-0.2, 0) is 6.18 Å². The van der Waals surface area contributed by atoms with Crippen LogP contribution >= 0.6 is 11.3 Å². The van der Waals surface area contributed by atoms with Crippen molar-refractivity contribution in [1.29, 1.82) is 0 Å². The first-order chi connectivity index (χ1) is 14.5. The van der Waals surface area contributed by atoms with Crippen LogP contribution in [0.3, 0.4) is 0 Å². The Labute approximate surface area is 171 Å². The molecule has 10 heteroatoms. The molecule has 0 aliphatic rings. The molecule has 0 atom stereocenters. The lowest BCUT2D eigenvalue weighted by Gasteiger charge is -2.11. The van der Waals surface area contributed by atoms with E-state index in [0.29, 0.717) is 11.5 Å². The van der Waals surface area contributed by atoms with Crippen molar-refractivity contribution >= 4 is 55.6 Å². The summed E-state index contributed by atoms with van der Waals surface area (Å²) in [5.41, 5.74) is 2.24. The maximum absolute atomic E-state index is 12.8. The van der Waals surface area contributed by atoms with E-state index in [9.17, 15) is 13.2 Å². The first kappa shape index (κ1) is 18.4. The van der Waals surface area contributed by atoms with Crippen LogP contribution in [0.4, 0.5) is 36.3 Å². The van der Waals surface area contributed by atoms with Gasteiger partial charge in [-0.2, -0.15) is 23.3 Å². The standard InChI is InChI=1S/C20H13F3N6S/c21-20(22,23)12-1-3-13(4-2-12)26-19-27-16-7-8-30-17(16)18(28-19)25-14-5-6-15-11(9-14)10-24-29-15/h1-10H,(H,24,29)(H2,25,26,27,28). The molecule has 5 rings (SSSR count). The summed E-state index contributed by atoms with van der Waals surface area (Å²) < 4.78 is 39.2. The summed E-state index contributed by atoms with van der Waals surface area (Å²) in [6.45, 7) is 0. The summed E-state index contributed by atoms with van der Waals surface area (Å²) >= 11 is 1.50. The van der Waals surface area contributed by atoms with Gasteiger partial charge in [0.2, 0.25) is 5.95 Å². The predicted molar refractivity (Wildman–Crippen MR) is 112 cm³/mol. The summed E-state index contributed by atoms with van der Waals surface area (Å²) in [5, 5.41) is 16.1. The molecule has 3 aromatic heterocycles. The minimum atomic E-state index is -4.38. The maximum Gasteiger partial charge on any atom is 0.416 e. The fraction of sp³-hybridized carbons (Fsp3) is 0.0500. The molecule has 0 unspecified atom stereocenters.